The third-order valence-electron chi connectivity index (χ3n) is 4.15. The molecule has 1 aromatic carbocycles. The maximum Gasteiger partial charge on any atom is 0.251 e. The quantitative estimate of drug-likeness (QED) is 0.818. The Morgan fingerprint density at radius 2 is 2.04 bits per heavy atom. The minimum atomic E-state index is -3.16. The second-order valence-electron chi connectivity index (χ2n) is 6.07. The number of ketones is 1. The lowest BCUT2D eigenvalue weighted by molar-refractivity contribution is 0.0948. The lowest BCUT2D eigenvalue weighted by Gasteiger charge is -2.14. The molecule has 1 aliphatic heterocycles. The molecular weight excluding hydrogens is 316 g/mol. The molecule has 1 aromatic rings. The summed E-state index contributed by atoms with van der Waals surface area (Å²) in [5.41, 5.74) is 1.83. The maximum absolute atomic E-state index is 12.2. The molecule has 0 spiro atoms. The number of carbonyl (C=O) groups is 2. The predicted octanol–water partition coefficient (Wildman–Crippen LogP) is 1.21. The lowest BCUT2D eigenvalue weighted by atomic mass is 10.0. The topological polar surface area (TPSA) is 83.6 Å². The third kappa shape index (κ3) is 4.39. The largest absolute Gasteiger partial charge is 0.352 e. The van der Waals surface area contributed by atoms with E-state index in [2.05, 4.69) is 5.32 Å². The third-order valence-corrected chi connectivity index (χ3v) is 5.42. The Hall–Kier alpha value is -1.73. The van der Waals surface area contributed by atoms with Crippen LogP contribution in [0.15, 0.2) is 18.2 Å². The monoisotopic (exact) mass is 338 g/mol. The Morgan fingerprint density at radius 3 is 2.61 bits per heavy atom. The molecule has 1 heterocycles. The van der Waals surface area contributed by atoms with E-state index in [4.69, 9.17) is 0 Å². The van der Waals surface area contributed by atoms with Gasteiger partial charge in [0.05, 0.1) is 6.26 Å². The summed E-state index contributed by atoms with van der Waals surface area (Å²) in [5.74, 6) is -0.201. The van der Waals surface area contributed by atoms with Crippen LogP contribution in [0.3, 0.4) is 0 Å². The van der Waals surface area contributed by atoms with Crippen LogP contribution in [0.2, 0.25) is 0 Å². The van der Waals surface area contributed by atoms with Gasteiger partial charge in [-0.15, -0.1) is 0 Å². The van der Waals surface area contributed by atoms with Crippen LogP contribution >= 0.6 is 0 Å². The van der Waals surface area contributed by atoms with Crippen LogP contribution in [0.25, 0.3) is 0 Å². The Morgan fingerprint density at radius 1 is 1.35 bits per heavy atom. The molecule has 1 aliphatic rings. The second kappa shape index (κ2) is 6.80. The standard InChI is InChI=1S/C16H22N2O4S/c1-11-4-5-14(8-15(11)12(2)19)16(20)17-9-13-6-7-18(10-13)23(3,21)22/h4-5,8,13H,6-7,9-10H2,1-3H3,(H,17,20). The molecule has 1 atom stereocenters. The molecule has 0 bridgehead atoms. The van der Waals surface area contributed by atoms with Gasteiger partial charge in [0.1, 0.15) is 0 Å². The van der Waals surface area contributed by atoms with Gasteiger partial charge in [0.2, 0.25) is 10.0 Å². The van der Waals surface area contributed by atoms with Crippen LogP contribution in [0.5, 0.6) is 0 Å². The molecule has 2 rings (SSSR count). The summed E-state index contributed by atoms with van der Waals surface area (Å²) in [6.45, 7) is 4.66. The van der Waals surface area contributed by atoms with E-state index in [1.165, 1.54) is 17.5 Å². The number of rotatable bonds is 5. The van der Waals surface area contributed by atoms with Crippen LogP contribution in [0.1, 0.15) is 39.6 Å². The summed E-state index contributed by atoms with van der Waals surface area (Å²) in [4.78, 5) is 23.8. The Balaban J connectivity index is 1.96. The minimum Gasteiger partial charge on any atom is -0.352 e. The summed E-state index contributed by atoms with van der Waals surface area (Å²) in [5, 5.41) is 2.83. The van der Waals surface area contributed by atoms with Crippen molar-refractivity contribution < 1.29 is 18.0 Å². The Bertz CT molecular complexity index is 728. The molecule has 6 nitrogen and oxygen atoms in total. The van der Waals surface area contributed by atoms with E-state index < -0.39 is 10.0 Å². The van der Waals surface area contributed by atoms with E-state index in [1.54, 1.807) is 18.2 Å². The molecule has 7 heteroatoms. The van der Waals surface area contributed by atoms with Gasteiger partial charge in [-0.25, -0.2) is 12.7 Å². The first kappa shape index (κ1) is 17.6. The van der Waals surface area contributed by atoms with Crippen molar-refractivity contribution >= 4 is 21.7 Å². The van der Waals surface area contributed by atoms with Crippen molar-refractivity contribution in [3.63, 3.8) is 0 Å². The van der Waals surface area contributed by atoms with E-state index in [1.807, 2.05) is 6.92 Å². The Kier molecular flexibility index (Phi) is 5.21. The lowest BCUT2D eigenvalue weighted by Crippen LogP contribution is -2.32. The van der Waals surface area contributed by atoms with Gasteiger partial charge in [-0.3, -0.25) is 9.59 Å². The fraction of sp³-hybridized carbons (Fsp3) is 0.500. The van der Waals surface area contributed by atoms with E-state index in [0.717, 1.165) is 12.0 Å². The fourth-order valence-corrected chi connectivity index (χ4v) is 3.67. The average molecular weight is 338 g/mol. The number of carbonyl (C=O) groups excluding carboxylic acids is 2. The SMILES string of the molecule is CC(=O)c1cc(C(=O)NCC2CCN(S(C)(=O)=O)C2)ccc1C. The fourth-order valence-electron chi connectivity index (χ4n) is 2.75. The van der Waals surface area contributed by atoms with Gasteiger partial charge in [-0.05, 0) is 43.9 Å². The first-order valence-electron chi connectivity index (χ1n) is 7.53. The molecule has 126 valence electrons. The van der Waals surface area contributed by atoms with Crippen LogP contribution in [0.4, 0.5) is 0 Å². The van der Waals surface area contributed by atoms with Gasteiger partial charge < -0.3 is 5.32 Å². The van der Waals surface area contributed by atoms with Gasteiger partial charge in [-0.1, -0.05) is 6.07 Å². The molecule has 1 N–H and O–H groups in total. The van der Waals surface area contributed by atoms with Crippen molar-refractivity contribution in [1.29, 1.82) is 0 Å². The van der Waals surface area contributed by atoms with Gasteiger partial charge in [-0.2, -0.15) is 0 Å². The molecule has 1 saturated heterocycles. The smallest absolute Gasteiger partial charge is 0.251 e. The highest BCUT2D eigenvalue weighted by atomic mass is 32.2. The van der Waals surface area contributed by atoms with Gasteiger partial charge >= 0.3 is 0 Å². The summed E-state index contributed by atoms with van der Waals surface area (Å²) in [7, 11) is -3.16. The highest BCUT2D eigenvalue weighted by molar-refractivity contribution is 7.88. The van der Waals surface area contributed by atoms with Crippen LogP contribution < -0.4 is 5.32 Å². The van der Waals surface area contributed by atoms with E-state index in [9.17, 15) is 18.0 Å². The van der Waals surface area contributed by atoms with Crippen LogP contribution in [-0.2, 0) is 10.0 Å². The van der Waals surface area contributed by atoms with Gasteiger partial charge in [0.25, 0.3) is 5.91 Å². The van der Waals surface area contributed by atoms with Crippen molar-refractivity contribution in [2.75, 3.05) is 25.9 Å². The zero-order chi connectivity index (χ0) is 17.2. The van der Waals surface area contributed by atoms with Crippen molar-refractivity contribution in [3.8, 4) is 0 Å². The summed E-state index contributed by atoms with van der Waals surface area (Å²) in [6, 6.07) is 5.05. The predicted molar refractivity (Wildman–Crippen MR) is 88.0 cm³/mol. The molecule has 1 amide bonds. The Labute approximate surface area is 136 Å². The maximum atomic E-state index is 12.2. The summed E-state index contributed by atoms with van der Waals surface area (Å²) < 4.78 is 24.4. The van der Waals surface area contributed by atoms with Crippen molar-refractivity contribution in [1.82, 2.24) is 9.62 Å². The summed E-state index contributed by atoms with van der Waals surface area (Å²) >= 11 is 0. The number of aryl methyl sites for hydroxylation is 1. The van der Waals surface area contributed by atoms with Crippen molar-refractivity contribution in [2.24, 2.45) is 5.92 Å². The number of hydrogen-bond donors (Lipinski definition) is 1. The normalized spacial score (nSPS) is 18.8. The molecule has 0 radical (unpaired) electrons. The minimum absolute atomic E-state index is 0.0725. The number of benzene rings is 1. The van der Waals surface area contributed by atoms with Gasteiger partial charge in [0.15, 0.2) is 5.78 Å². The number of sulfonamides is 1. The van der Waals surface area contributed by atoms with E-state index >= 15 is 0 Å². The zero-order valence-electron chi connectivity index (χ0n) is 13.6. The molecule has 1 unspecified atom stereocenters. The molecule has 0 saturated carbocycles. The highest BCUT2D eigenvalue weighted by Gasteiger charge is 2.28. The average Bonchev–Trinajstić information content (AvgIpc) is 2.94. The first-order chi connectivity index (χ1) is 10.7. The number of amides is 1. The molecule has 23 heavy (non-hydrogen) atoms. The highest BCUT2D eigenvalue weighted by Crippen LogP contribution is 2.18. The molecule has 0 aliphatic carbocycles. The molecule has 0 aromatic heterocycles. The van der Waals surface area contributed by atoms with E-state index in [0.29, 0.717) is 30.8 Å². The zero-order valence-corrected chi connectivity index (χ0v) is 14.4. The number of nitrogens with zero attached hydrogens (tertiary/aromatic N) is 1. The summed E-state index contributed by atoms with van der Waals surface area (Å²) in [6.07, 6.45) is 1.93. The number of hydrogen-bond acceptors (Lipinski definition) is 4. The van der Waals surface area contributed by atoms with Crippen molar-refractivity contribution in [2.45, 2.75) is 20.3 Å². The van der Waals surface area contributed by atoms with Crippen molar-refractivity contribution in [3.05, 3.63) is 34.9 Å². The number of nitrogens with one attached hydrogen (secondary N) is 1. The second-order valence-corrected chi connectivity index (χ2v) is 8.05. The van der Waals surface area contributed by atoms with Gasteiger partial charge in [0, 0.05) is 30.8 Å². The first-order valence-corrected chi connectivity index (χ1v) is 9.38. The number of Topliss-reactive ketones (excluding diaryl/α,β-unsaturated/α-hetero) is 1. The van der Waals surface area contributed by atoms with Crippen LogP contribution in [0, 0.1) is 12.8 Å². The molecule has 1 fully saturated rings. The molecular formula is C16H22N2O4S. The van der Waals surface area contributed by atoms with Crippen LogP contribution in [-0.4, -0.2) is 50.3 Å². The van der Waals surface area contributed by atoms with E-state index in [-0.39, 0.29) is 17.6 Å².